The molecule has 0 N–H and O–H groups in total. The van der Waals surface area contributed by atoms with E-state index in [1.807, 2.05) is 20.8 Å². The van der Waals surface area contributed by atoms with Gasteiger partial charge in [0.15, 0.2) is 11.9 Å². The van der Waals surface area contributed by atoms with Gasteiger partial charge in [0.1, 0.15) is 5.60 Å². The van der Waals surface area contributed by atoms with Gasteiger partial charge < -0.3 is 14.4 Å². The molecule has 1 aliphatic heterocycles. The van der Waals surface area contributed by atoms with Crippen molar-refractivity contribution in [1.29, 1.82) is 0 Å². The Labute approximate surface area is 137 Å². The first kappa shape index (κ1) is 17.8. The SMILES string of the molecule is CC(C)(C)OC(=O)N1CCC[C@@H](C(=O)O[C@H]2CCCCC2=O)C1. The normalized spacial score (nSPS) is 25.9. The van der Waals surface area contributed by atoms with Crippen LogP contribution < -0.4 is 0 Å². The van der Waals surface area contributed by atoms with Gasteiger partial charge in [-0.3, -0.25) is 9.59 Å². The highest BCUT2D eigenvalue weighted by Gasteiger charge is 2.34. The van der Waals surface area contributed by atoms with Crippen LogP contribution in [0.1, 0.15) is 59.3 Å². The third kappa shape index (κ3) is 5.22. The first-order chi connectivity index (χ1) is 10.8. The van der Waals surface area contributed by atoms with Crippen LogP contribution in [0.4, 0.5) is 4.79 Å². The topological polar surface area (TPSA) is 72.9 Å². The predicted octanol–water partition coefficient (Wildman–Crippen LogP) is 2.69. The fourth-order valence-corrected chi connectivity index (χ4v) is 2.97. The molecular formula is C17H27NO5. The maximum Gasteiger partial charge on any atom is 0.410 e. The summed E-state index contributed by atoms with van der Waals surface area (Å²) in [5.74, 6) is -0.714. The van der Waals surface area contributed by atoms with E-state index in [0.29, 0.717) is 32.4 Å². The van der Waals surface area contributed by atoms with E-state index in [0.717, 1.165) is 19.3 Å². The maximum atomic E-state index is 12.3. The Balaban J connectivity index is 1.88. The molecule has 0 aromatic heterocycles. The molecule has 0 radical (unpaired) electrons. The minimum atomic E-state index is -0.590. The summed E-state index contributed by atoms with van der Waals surface area (Å²) in [6.45, 7) is 6.33. The van der Waals surface area contributed by atoms with Crippen molar-refractivity contribution < 1.29 is 23.9 Å². The first-order valence-corrected chi connectivity index (χ1v) is 8.47. The van der Waals surface area contributed by atoms with E-state index in [4.69, 9.17) is 9.47 Å². The summed E-state index contributed by atoms with van der Waals surface area (Å²) in [6, 6.07) is 0. The minimum Gasteiger partial charge on any atom is -0.454 e. The van der Waals surface area contributed by atoms with Gasteiger partial charge in [-0.2, -0.15) is 0 Å². The minimum absolute atomic E-state index is 0.0180. The zero-order valence-electron chi connectivity index (χ0n) is 14.3. The molecule has 0 aromatic rings. The summed E-state index contributed by atoms with van der Waals surface area (Å²) >= 11 is 0. The van der Waals surface area contributed by atoms with Crippen LogP contribution in [0.2, 0.25) is 0 Å². The van der Waals surface area contributed by atoms with Crippen LogP contribution in [-0.2, 0) is 19.1 Å². The zero-order valence-corrected chi connectivity index (χ0v) is 14.3. The number of Topliss-reactive ketones (excluding diaryl/α,β-unsaturated/α-hetero) is 1. The average Bonchev–Trinajstić information content (AvgIpc) is 2.48. The molecule has 130 valence electrons. The average molecular weight is 325 g/mol. The second-order valence-corrected chi connectivity index (χ2v) is 7.40. The molecule has 0 spiro atoms. The summed E-state index contributed by atoms with van der Waals surface area (Å²) in [5, 5.41) is 0. The summed E-state index contributed by atoms with van der Waals surface area (Å²) < 4.78 is 10.8. The number of esters is 1. The number of nitrogens with zero attached hydrogens (tertiary/aromatic N) is 1. The van der Waals surface area contributed by atoms with E-state index in [1.165, 1.54) is 0 Å². The standard InChI is InChI=1S/C17H27NO5/c1-17(2,3)23-16(21)18-10-6-7-12(11-18)15(20)22-14-9-5-4-8-13(14)19/h12,14H,4-11H2,1-3H3/t12-,14+/m1/s1. The lowest BCUT2D eigenvalue weighted by Gasteiger charge is -2.33. The van der Waals surface area contributed by atoms with Gasteiger partial charge in [-0.05, 0) is 52.9 Å². The van der Waals surface area contributed by atoms with E-state index in [9.17, 15) is 14.4 Å². The van der Waals surface area contributed by atoms with Crippen LogP contribution in [-0.4, -0.2) is 47.5 Å². The Hall–Kier alpha value is -1.59. The van der Waals surface area contributed by atoms with E-state index < -0.39 is 17.8 Å². The quantitative estimate of drug-likeness (QED) is 0.730. The number of carbonyl (C=O) groups excluding carboxylic acids is 3. The largest absolute Gasteiger partial charge is 0.454 e. The molecule has 0 unspecified atom stereocenters. The zero-order chi connectivity index (χ0) is 17.0. The van der Waals surface area contributed by atoms with Crippen molar-refractivity contribution in [3.8, 4) is 0 Å². The van der Waals surface area contributed by atoms with Gasteiger partial charge in [0.2, 0.25) is 0 Å². The van der Waals surface area contributed by atoms with Gasteiger partial charge in [-0.1, -0.05) is 0 Å². The monoisotopic (exact) mass is 325 g/mol. The van der Waals surface area contributed by atoms with E-state index >= 15 is 0 Å². The van der Waals surface area contributed by atoms with E-state index in [2.05, 4.69) is 0 Å². The maximum absolute atomic E-state index is 12.3. The molecule has 6 nitrogen and oxygen atoms in total. The van der Waals surface area contributed by atoms with Crippen molar-refractivity contribution in [2.45, 2.75) is 71.0 Å². The van der Waals surface area contributed by atoms with Crippen molar-refractivity contribution in [2.75, 3.05) is 13.1 Å². The van der Waals surface area contributed by atoms with Gasteiger partial charge >= 0.3 is 12.1 Å². The highest BCUT2D eigenvalue weighted by atomic mass is 16.6. The Bertz CT molecular complexity index is 468. The summed E-state index contributed by atoms with van der Waals surface area (Å²) in [6.07, 6.45) is 3.33. The van der Waals surface area contributed by atoms with Crippen molar-refractivity contribution in [1.82, 2.24) is 4.90 Å². The van der Waals surface area contributed by atoms with Crippen molar-refractivity contribution in [2.24, 2.45) is 5.92 Å². The molecule has 23 heavy (non-hydrogen) atoms. The Morgan fingerprint density at radius 3 is 2.52 bits per heavy atom. The number of ketones is 1. The number of piperidine rings is 1. The summed E-state index contributed by atoms with van der Waals surface area (Å²) in [7, 11) is 0. The lowest BCUT2D eigenvalue weighted by Crippen LogP contribution is -2.45. The molecule has 6 heteroatoms. The first-order valence-electron chi connectivity index (χ1n) is 8.47. The Morgan fingerprint density at radius 2 is 1.87 bits per heavy atom. The van der Waals surface area contributed by atoms with Crippen LogP contribution in [0, 0.1) is 5.92 Å². The molecule has 1 saturated heterocycles. The number of hydrogen-bond acceptors (Lipinski definition) is 5. The molecule has 2 atom stereocenters. The molecule has 1 aliphatic carbocycles. The molecule has 0 aromatic carbocycles. The van der Waals surface area contributed by atoms with Crippen LogP contribution in [0.5, 0.6) is 0 Å². The lowest BCUT2D eigenvalue weighted by molar-refractivity contribution is -0.162. The number of hydrogen-bond donors (Lipinski definition) is 0. The highest BCUT2D eigenvalue weighted by molar-refractivity contribution is 5.86. The van der Waals surface area contributed by atoms with E-state index in [1.54, 1.807) is 4.90 Å². The van der Waals surface area contributed by atoms with Crippen LogP contribution in [0.15, 0.2) is 0 Å². The molecule has 2 aliphatic rings. The lowest BCUT2D eigenvalue weighted by atomic mass is 9.95. The number of likely N-dealkylation sites (tertiary alicyclic amines) is 1. The van der Waals surface area contributed by atoms with Crippen molar-refractivity contribution in [3.63, 3.8) is 0 Å². The fraction of sp³-hybridized carbons (Fsp3) is 0.824. The fourth-order valence-electron chi connectivity index (χ4n) is 2.97. The molecule has 0 bridgehead atoms. The second-order valence-electron chi connectivity index (χ2n) is 7.40. The molecule has 1 heterocycles. The van der Waals surface area contributed by atoms with Crippen LogP contribution in [0.25, 0.3) is 0 Å². The van der Waals surface area contributed by atoms with Gasteiger partial charge in [-0.15, -0.1) is 0 Å². The van der Waals surface area contributed by atoms with Crippen LogP contribution in [0.3, 0.4) is 0 Å². The van der Waals surface area contributed by atoms with Gasteiger partial charge in [0, 0.05) is 19.5 Å². The van der Waals surface area contributed by atoms with Gasteiger partial charge in [-0.25, -0.2) is 4.79 Å². The Kier molecular flexibility index (Phi) is 5.65. The second kappa shape index (κ2) is 7.32. The number of rotatable bonds is 2. The smallest absolute Gasteiger partial charge is 0.410 e. The van der Waals surface area contributed by atoms with Crippen molar-refractivity contribution in [3.05, 3.63) is 0 Å². The third-order valence-corrected chi connectivity index (χ3v) is 4.16. The molecule has 1 amide bonds. The number of ether oxygens (including phenoxy) is 2. The van der Waals surface area contributed by atoms with Gasteiger partial charge in [0.05, 0.1) is 5.92 Å². The molecule has 2 fully saturated rings. The van der Waals surface area contributed by atoms with E-state index in [-0.39, 0.29) is 17.7 Å². The molecular weight excluding hydrogens is 298 g/mol. The number of amides is 1. The molecule has 2 rings (SSSR count). The van der Waals surface area contributed by atoms with Gasteiger partial charge in [0.25, 0.3) is 0 Å². The summed E-state index contributed by atoms with van der Waals surface area (Å²) in [4.78, 5) is 37.8. The predicted molar refractivity (Wildman–Crippen MR) is 83.9 cm³/mol. The Morgan fingerprint density at radius 1 is 1.13 bits per heavy atom. The third-order valence-electron chi connectivity index (χ3n) is 4.16. The molecule has 1 saturated carbocycles. The highest BCUT2D eigenvalue weighted by Crippen LogP contribution is 2.23. The summed E-state index contributed by atoms with van der Waals surface area (Å²) in [5.41, 5.74) is -0.556. The number of carbonyl (C=O) groups is 3. The van der Waals surface area contributed by atoms with Crippen LogP contribution >= 0.6 is 0 Å². The van der Waals surface area contributed by atoms with Crippen molar-refractivity contribution >= 4 is 17.8 Å².